The van der Waals surface area contributed by atoms with Gasteiger partial charge in [-0.3, -0.25) is 0 Å². The van der Waals surface area contributed by atoms with Crippen molar-refractivity contribution in [3.63, 3.8) is 0 Å². The minimum atomic E-state index is -0.264. The van der Waals surface area contributed by atoms with Crippen molar-refractivity contribution < 1.29 is 4.39 Å². The van der Waals surface area contributed by atoms with Crippen LogP contribution in [-0.2, 0) is 6.54 Å². The van der Waals surface area contributed by atoms with Gasteiger partial charge in [-0.15, -0.1) is 0 Å². The van der Waals surface area contributed by atoms with Gasteiger partial charge in [0.15, 0.2) is 0 Å². The molecule has 15 heavy (non-hydrogen) atoms. The molecule has 0 fully saturated rings. The summed E-state index contributed by atoms with van der Waals surface area (Å²) in [5.41, 5.74) is 7.63. The molecule has 3 heteroatoms. The second kappa shape index (κ2) is 5.29. The van der Waals surface area contributed by atoms with Crippen LogP contribution in [-0.4, -0.2) is 0 Å². The Morgan fingerprint density at radius 3 is 2.73 bits per heavy atom. The molecule has 0 spiro atoms. The van der Waals surface area contributed by atoms with Gasteiger partial charge < -0.3 is 5.73 Å². The zero-order valence-corrected chi connectivity index (χ0v) is 9.74. The molecule has 0 bridgehead atoms. The lowest BCUT2D eigenvalue weighted by Gasteiger charge is -2.08. The summed E-state index contributed by atoms with van der Waals surface area (Å²) >= 11 is 6.09. The van der Waals surface area contributed by atoms with E-state index in [2.05, 4.69) is 0 Å². The maximum Gasteiger partial charge on any atom is 0.127 e. The van der Waals surface area contributed by atoms with Crippen molar-refractivity contribution in [2.24, 2.45) is 5.73 Å². The molecule has 0 heterocycles. The van der Waals surface area contributed by atoms with Crippen LogP contribution in [0.5, 0.6) is 0 Å². The van der Waals surface area contributed by atoms with E-state index in [1.807, 2.05) is 19.9 Å². The molecule has 0 aliphatic carbocycles. The van der Waals surface area contributed by atoms with Crippen LogP contribution in [0.2, 0.25) is 0 Å². The minimum absolute atomic E-state index is 0.190. The fourth-order valence-electron chi connectivity index (χ4n) is 1.42. The maximum atomic E-state index is 13.3. The summed E-state index contributed by atoms with van der Waals surface area (Å²) in [7, 11) is 0. The Bertz CT molecular complexity index is 385. The first-order valence-electron chi connectivity index (χ1n) is 4.95. The molecule has 0 aliphatic rings. The Labute approximate surface area is 94.7 Å². The van der Waals surface area contributed by atoms with Gasteiger partial charge in [0.2, 0.25) is 0 Å². The van der Waals surface area contributed by atoms with Crippen molar-refractivity contribution in [2.45, 2.75) is 26.8 Å². The molecule has 1 nitrogen and oxygen atoms in total. The van der Waals surface area contributed by atoms with Gasteiger partial charge in [0.05, 0.1) is 0 Å². The zero-order chi connectivity index (χ0) is 11.4. The third-order valence-electron chi connectivity index (χ3n) is 2.25. The van der Waals surface area contributed by atoms with E-state index in [4.69, 9.17) is 17.3 Å². The number of aryl methyl sites for hydroxylation is 1. The van der Waals surface area contributed by atoms with Gasteiger partial charge in [0.25, 0.3) is 0 Å². The summed E-state index contributed by atoms with van der Waals surface area (Å²) in [6.45, 7) is 4.03. The van der Waals surface area contributed by atoms with Gasteiger partial charge >= 0.3 is 0 Å². The molecule has 82 valence electrons. The third kappa shape index (κ3) is 2.80. The Balaban J connectivity index is 3.24. The Morgan fingerprint density at radius 1 is 1.53 bits per heavy atom. The summed E-state index contributed by atoms with van der Waals surface area (Å²) in [4.78, 5) is 0. The lowest BCUT2D eigenvalue weighted by atomic mass is 10.0. The van der Waals surface area contributed by atoms with E-state index in [1.165, 1.54) is 6.07 Å². The molecule has 0 saturated carbocycles. The summed E-state index contributed by atoms with van der Waals surface area (Å²) in [5, 5.41) is 0.657. The fourth-order valence-corrected chi connectivity index (χ4v) is 1.78. The van der Waals surface area contributed by atoms with Gasteiger partial charge in [0.1, 0.15) is 5.82 Å². The minimum Gasteiger partial charge on any atom is -0.326 e. The summed E-state index contributed by atoms with van der Waals surface area (Å²) in [5.74, 6) is -0.264. The SMILES string of the molecule is CC/C=C(/Cl)c1cc(CN)c(F)cc1C. The summed E-state index contributed by atoms with van der Waals surface area (Å²) in [6.07, 6.45) is 2.76. The monoisotopic (exact) mass is 227 g/mol. The molecule has 2 N–H and O–H groups in total. The van der Waals surface area contributed by atoms with E-state index in [0.717, 1.165) is 17.5 Å². The zero-order valence-electron chi connectivity index (χ0n) is 8.98. The second-order valence-electron chi connectivity index (χ2n) is 3.42. The Morgan fingerprint density at radius 2 is 2.20 bits per heavy atom. The first-order valence-corrected chi connectivity index (χ1v) is 5.33. The highest BCUT2D eigenvalue weighted by Gasteiger charge is 2.08. The van der Waals surface area contributed by atoms with E-state index in [0.29, 0.717) is 10.6 Å². The first-order chi connectivity index (χ1) is 7.10. The van der Waals surface area contributed by atoms with Crippen LogP contribution in [0, 0.1) is 12.7 Å². The van der Waals surface area contributed by atoms with E-state index in [1.54, 1.807) is 6.07 Å². The van der Waals surface area contributed by atoms with E-state index >= 15 is 0 Å². The average molecular weight is 228 g/mol. The lowest BCUT2D eigenvalue weighted by molar-refractivity contribution is 0.609. The van der Waals surface area contributed by atoms with Crippen molar-refractivity contribution in [2.75, 3.05) is 0 Å². The van der Waals surface area contributed by atoms with Crippen molar-refractivity contribution in [1.82, 2.24) is 0 Å². The number of nitrogens with two attached hydrogens (primary N) is 1. The highest BCUT2D eigenvalue weighted by molar-refractivity contribution is 6.48. The summed E-state index contributed by atoms with van der Waals surface area (Å²) < 4.78 is 13.3. The lowest BCUT2D eigenvalue weighted by Crippen LogP contribution is -2.01. The standard InChI is InChI=1S/C12H15ClFN/c1-3-4-11(13)10-6-9(7-15)12(14)5-8(10)2/h4-6H,3,7,15H2,1-2H3/b11-4+. The smallest absolute Gasteiger partial charge is 0.127 e. The molecule has 0 aromatic heterocycles. The van der Waals surface area contributed by atoms with Gasteiger partial charge in [-0.1, -0.05) is 24.6 Å². The normalized spacial score (nSPS) is 11.9. The highest BCUT2D eigenvalue weighted by atomic mass is 35.5. The molecule has 0 unspecified atom stereocenters. The molecule has 0 aliphatic heterocycles. The van der Waals surface area contributed by atoms with Crippen molar-refractivity contribution in [3.8, 4) is 0 Å². The van der Waals surface area contributed by atoms with Crippen LogP contribution >= 0.6 is 11.6 Å². The average Bonchev–Trinajstić information content (AvgIpc) is 2.18. The number of hydrogen-bond donors (Lipinski definition) is 1. The second-order valence-corrected chi connectivity index (χ2v) is 3.83. The van der Waals surface area contributed by atoms with Crippen molar-refractivity contribution in [3.05, 3.63) is 40.7 Å². The van der Waals surface area contributed by atoms with Crippen LogP contribution in [0.15, 0.2) is 18.2 Å². The fraction of sp³-hybridized carbons (Fsp3) is 0.333. The highest BCUT2D eigenvalue weighted by Crippen LogP contribution is 2.25. The third-order valence-corrected chi connectivity index (χ3v) is 2.61. The topological polar surface area (TPSA) is 26.0 Å². The first kappa shape index (κ1) is 12.2. The van der Waals surface area contributed by atoms with Gasteiger partial charge in [-0.05, 0) is 36.6 Å². The Kier molecular flexibility index (Phi) is 4.30. The molecule has 1 rings (SSSR count). The molecular formula is C12H15ClFN. The molecule has 0 atom stereocenters. The molecule has 1 aromatic carbocycles. The van der Waals surface area contributed by atoms with E-state index in [9.17, 15) is 4.39 Å². The van der Waals surface area contributed by atoms with Gasteiger partial charge in [0, 0.05) is 17.1 Å². The number of allylic oxidation sites excluding steroid dienone is 1. The van der Waals surface area contributed by atoms with Crippen molar-refractivity contribution >= 4 is 16.6 Å². The molecule has 0 saturated heterocycles. The molecular weight excluding hydrogens is 213 g/mol. The molecule has 0 amide bonds. The number of halogens is 2. The number of benzene rings is 1. The van der Waals surface area contributed by atoms with Crippen molar-refractivity contribution in [1.29, 1.82) is 0 Å². The predicted octanol–water partition coefficient (Wildman–Crippen LogP) is 3.58. The van der Waals surface area contributed by atoms with Crippen LogP contribution in [0.4, 0.5) is 4.39 Å². The summed E-state index contributed by atoms with van der Waals surface area (Å²) in [6, 6.07) is 3.20. The Hall–Kier alpha value is -0.860. The number of hydrogen-bond acceptors (Lipinski definition) is 1. The van der Waals surface area contributed by atoms with E-state index in [-0.39, 0.29) is 12.4 Å². The largest absolute Gasteiger partial charge is 0.326 e. The molecule has 0 radical (unpaired) electrons. The molecule has 1 aromatic rings. The quantitative estimate of drug-likeness (QED) is 0.839. The van der Waals surface area contributed by atoms with Crippen LogP contribution in [0.1, 0.15) is 30.0 Å². The van der Waals surface area contributed by atoms with Crippen LogP contribution in [0.25, 0.3) is 5.03 Å². The van der Waals surface area contributed by atoms with Crippen LogP contribution in [0.3, 0.4) is 0 Å². The van der Waals surface area contributed by atoms with Gasteiger partial charge in [-0.2, -0.15) is 0 Å². The van der Waals surface area contributed by atoms with E-state index < -0.39 is 0 Å². The predicted molar refractivity (Wildman–Crippen MR) is 63.1 cm³/mol. The number of rotatable bonds is 3. The van der Waals surface area contributed by atoms with Gasteiger partial charge in [-0.25, -0.2) is 4.39 Å². The van der Waals surface area contributed by atoms with Crippen LogP contribution < -0.4 is 5.73 Å². The maximum absolute atomic E-state index is 13.3.